The molecular formula is C13H12ClOPS2. The van der Waals surface area contributed by atoms with Crippen LogP contribution >= 0.6 is 28.4 Å². The largest absolute Gasteiger partial charge is 0.455 e. The maximum absolute atomic E-state index is 6.01. The first-order valence-corrected chi connectivity index (χ1v) is 10.2. The third-order valence-electron chi connectivity index (χ3n) is 2.12. The molecule has 0 aliphatic rings. The molecule has 5 heteroatoms. The first-order chi connectivity index (χ1) is 8.72. The molecule has 0 spiro atoms. The molecule has 2 aromatic carbocycles. The lowest BCUT2D eigenvalue weighted by molar-refractivity contribution is 0.628. The summed E-state index contributed by atoms with van der Waals surface area (Å²) in [6.07, 6.45) is 0. The van der Waals surface area contributed by atoms with Crippen LogP contribution in [0.2, 0.25) is 0 Å². The standard InChI is InChI=1S/C13H12ClOPS2/c14-11-16(17,15-12-7-3-1-4-8-12)18-13-9-5-2-6-10-13/h1-10H,11H2. The number of hydrogen-bond donors (Lipinski definition) is 0. The lowest BCUT2D eigenvalue weighted by Crippen LogP contribution is -1.90. The molecular weight excluding hydrogens is 303 g/mol. The molecule has 0 aliphatic carbocycles. The fourth-order valence-electron chi connectivity index (χ4n) is 1.35. The van der Waals surface area contributed by atoms with Gasteiger partial charge in [0.05, 0.1) is 5.62 Å². The van der Waals surface area contributed by atoms with Crippen molar-refractivity contribution in [1.82, 2.24) is 0 Å². The Morgan fingerprint density at radius 3 is 2.11 bits per heavy atom. The fraction of sp³-hybridized carbons (Fsp3) is 0.0769. The number of rotatable bonds is 5. The Bertz CT molecular complexity index is 488. The zero-order chi connectivity index (χ0) is 12.8. The Morgan fingerprint density at radius 2 is 1.56 bits per heavy atom. The minimum absolute atomic E-state index is 0.344. The van der Waals surface area contributed by atoms with E-state index in [1.54, 1.807) is 11.4 Å². The van der Waals surface area contributed by atoms with Gasteiger partial charge in [-0.05, 0) is 47.5 Å². The molecule has 0 amide bonds. The highest BCUT2D eigenvalue weighted by atomic mass is 35.5. The second-order valence-corrected chi connectivity index (χ2v) is 11.3. The topological polar surface area (TPSA) is 9.23 Å². The third-order valence-corrected chi connectivity index (χ3v) is 8.88. The molecule has 0 N–H and O–H groups in total. The molecule has 0 fully saturated rings. The summed E-state index contributed by atoms with van der Waals surface area (Å²) in [5.41, 5.74) is -1.78. The predicted molar refractivity (Wildman–Crippen MR) is 84.4 cm³/mol. The van der Waals surface area contributed by atoms with Crippen LogP contribution in [0.4, 0.5) is 0 Å². The number of halogens is 1. The van der Waals surface area contributed by atoms with E-state index in [9.17, 15) is 0 Å². The second kappa shape index (κ2) is 6.63. The molecule has 0 aromatic heterocycles. The zero-order valence-electron chi connectivity index (χ0n) is 9.53. The van der Waals surface area contributed by atoms with Crippen LogP contribution in [0.3, 0.4) is 0 Å². The fourth-order valence-corrected chi connectivity index (χ4v) is 5.99. The minimum Gasteiger partial charge on any atom is -0.455 e. The van der Waals surface area contributed by atoms with E-state index in [2.05, 4.69) is 0 Å². The van der Waals surface area contributed by atoms with Gasteiger partial charge in [0.25, 0.3) is 0 Å². The average Bonchev–Trinajstić information content (AvgIpc) is 2.41. The van der Waals surface area contributed by atoms with Gasteiger partial charge in [-0.3, -0.25) is 0 Å². The van der Waals surface area contributed by atoms with Gasteiger partial charge in [-0.25, -0.2) is 0 Å². The summed E-state index contributed by atoms with van der Waals surface area (Å²) < 4.78 is 5.91. The summed E-state index contributed by atoms with van der Waals surface area (Å²) in [6, 6.07) is 19.6. The molecule has 0 saturated heterocycles. The van der Waals surface area contributed by atoms with Crippen molar-refractivity contribution >= 4 is 40.3 Å². The summed E-state index contributed by atoms with van der Waals surface area (Å²) in [5, 5.41) is 0. The summed E-state index contributed by atoms with van der Waals surface area (Å²) in [7, 11) is 0. The van der Waals surface area contributed by atoms with E-state index < -0.39 is 5.47 Å². The van der Waals surface area contributed by atoms with Crippen LogP contribution < -0.4 is 4.52 Å². The van der Waals surface area contributed by atoms with Crippen LogP contribution in [-0.2, 0) is 11.8 Å². The van der Waals surface area contributed by atoms with E-state index in [-0.39, 0.29) is 0 Å². The highest BCUT2D eigenvalue weighted by Gasteiger charge is 2.20. The highest BCUT2D eigenvalue weighted by Crippen LogP contribution is 2.62. The van der Waals surface area contributed by atoms with Crippen molar-refractivity contribution in [2.75, 3.05) is 5.62 Å². The molecule has 2 rings (SSSR count). The molecule has 1 nitrogen and oxygen atoms in total. The van der Waals surface area contributed by atoms with Crippen molar-refractivity contribution in [3.8, 4) is 5.75 Å². The Morgan fingerprint density at radius 1 is 1.00 bits per heavy atom. The lowest BCUT2D eigenvalue weighted by atomic mass is 10.3. The molecule has 2 aromatic rings. The second-order valence-electron chi connectivity index (χ2n) is 3.54. The van der Waals surface area contributed by atoms with Gasteiger partial charge >= 0.3 is 0 Å². The minimum atomic E-state index is -2.13. The van der Waals surface area contributed by atoms with Crippen LogP contribution in [0.25, 0.3) is 0 Å². The van der Waals surface area contributed by atoms with E-state index in [0.717, 1.165) is 10.6 Å². The lowest BCUT2D eigenvalue weighted by Gasteiger charge is -2.20. The van der Waals surface area contributed by atoms with Gasteiger partial charge in [-0.2, -0.15) is 0 Å². The van der Waals surface area contributed by atoms with Crippen molar-refractivity contribution < 1.29 is 4.52 Å². The van der Waals surface area contributed by atoms with Crippen molar-refractivity contribution in [3.63, 3.8) is 0 Å². The molecule has 0 saturated carbocycles. The summed E-state index contributed by atoms with van der Waals surface area (Å²) in [4.78, 5) is 1.09. The Kier molecular flexibility index (Phi) is 5.13. The van der Waals surface area contributed by atoms with E-state index in [0.29, 0.717) is 5.62 Å². The first-order valence-electron chi connectivity index (χ1n) is 5.36. The maximum Gasteiger partial charge on any atom is 0.186 e. The Hall–Kier alpha value is -0.470. The van der Waals surface area contributed by atoms with Crippen LogP contribution in [0.1, 0.15) is 0 Å². The number of benzene rings is 2. The summed E-state index contributed by atoms with van der Waals surface area (Å²) in [5.74, 6) is 0.782. The maximum atomic E-state index is 6.01. The molecule has 0 bridgehead atoms. The van der Waals surface area contributed by atoms with Crippen molar-refractivity contribution in [1.29, 1.82) is 0 Å². The Balaban J connectivity index is 2.14. The van der Waals surface area contributed by atoms with Crippen LogP contribution in [-0.4, -0.2) is 5.62 Å². The first kappa shape index (κ1) is 14.0. The average molecular weight is 315 g/mol. The van der Waals surface area contributed by atoms with E-state index in [1.807, 2.05) is 60.7 Å². The predicted octanol–water partition coefficient (Wildman–Crippen LogP) is 5.36. The van der Waals surface area contributed by atoms with E-state index in [1.165, 1.54) is 0 Å². The molecule has 18 heavy (non-hydrogen) atoms. The van der Waals surface area contributed by atoms with Gasteiger partial charge in [-0.1, -0.05) is 36.4 Å². The van der Waals surface area contributed by atoms with Crippen LogP contribution in [0.15, 0.2) is 65.6 Å². The molecule has 0 aliphatic heterocycles. The van der Waals surface area contributed by atoms with Gasteiger partial charge < -0.3 is 4.52 Å². The zero-order valence-corrected chi connectivity index (χ0v) is 12.8. The van der Waals surface area contributed by atoms with Gasteiger partial charge in [0.15, 0.2) is 5.47 Å². The molecule has 94 valence electrons. The van der Waals surface area contributed by atoms with Crippen LogP contribution in [0, 0.1) is 0 Å². The normalized spacial score (nSPS) is 13.8. The third kappa shape index (κ3) is 4.03. The van der Waals surface area contributed by atoms with Gasteiger partial charge in [0.2, 0.25) is 0 Å². The van der Waals surface area contributed by atoms with E-state index in [4.69, 9.17) is 27.9 Å². The number of para-hydroxylation sites is 1. The smallest absolute Gasteiger partial charge is 0.186 e. The Labute approximate surface area is 121 Å². The molecule has 0 heterocycles. The monoisotopic (exact) mass is 314 g/mol. The summed E-state index contributed by atoms with van der Waals surface area (Å²) >= 11 is 13.2. The van der Waals surface area contributed by atoms with Crippen molar-refractivity contribution in [2.24, 2.45) is 0 Å². The molecule has 0 radical (unpaired) electrons. The number of hydrogen-bond acceptors (Lipinski definition) is 3. The van der Waals surface area contributed by atoms with Gasteiger partial charge in [0, 0.05) is 4.90 Å². The van der Waals surface area contributed by atoms with Crippen molar-refractivity contribution in [2.45, 2.75) is 4.90 Å². The summed E-state index contributed by atoms with van der Waals surface area (Å²) in [6.45, 7) is 0. The van der Waals surface area contributed by atoms with Gasteiger partial charge in [0.1, 0.15) is 5.75 Å². The van der Waals surface area contributed by atoms with Gasteiger partial charge in [-0.15, -0.1) is 11.6 Å². The molecule has 1 atom stereocenters. The SMILES string of the molecule is S=P(CCl)(Oc1ccccc1)Sc1ccccc1. The van der Waals surface area contributed by atoms with Crippen molar-refractivity contribution in [3.05, 3.63) is 60.7 Å². The number of alkyl halides is 1. The molecule has 1 unspecified atom stereocenters. The van der Waals surface area contributed by atoms with E-state index >= 15 is 0 Å². The quantitative estimate of drug-likeness (QED) is 0.543. The van der Waals surface area contributed by atoms with Crippen LogP contribution in [0.5, 0.6) is 5.75 Å². The highest BCUT2D eigenvalue weighted by molar-refractivity contribution is 8.69.